The van der Waals surface area contributed by atoms with Crippen molar-refractivity contribution < 1.29 is 39.6 Å². The molecule has 2 aromatic rings. The van der Waals surface area contributed by atoms with Gasteiger partial charge in [-0.2, -0.15) is 30.6 Å². The van der Waals surface area contributed by atoms with Crippen molar-refractivity contribution in [3.05, 3.63) is 65.2 Å². The maximum atomic E-state index is 12.9. The number of nitrogens with zero attached hydrogens (tertiary/aromatic N) is 2. The molecular formula is C20H18F6N2O3S. The van der Waals surface area contributed by atoms with Crippen molar-refractivity contribution in [2.75, 3.05) is 26.2 Å². The van der Waals surface area contributed by atoms with E-state index in [4.69, 9.17) is 0 Å². The molecule has 0 aliphatic carbocycles. The van der Waals surface area contributed by atoms with Gasteiger partial charge >= 0.3 is 12.4 Å². The third kappa shape index (κ3) is 5.41. The first-order valence-electron chi connectivity index (χ1n) is 9.40. The lowest BCUT2D eigenvalue weighted by atomic mass is 10.1. The smallest absolute Gasteiger partial charge is 0.340 e. The summed E-state index contributed by atoms with van der Waals surface area (Å²) in [6, 6.07) is 7.76. The molecule has 1 saturated heterocycles. The topological polar surface area (TPSA) is 57.7 Å². The quantitative estimate of drug-likeness (QED) is 0.626. The second-order valence-corrected chi connectivity index (χ2v) is 9.12. The predicted molar refractivity (Wildman–Crippen MR) is 102 cm³/mol. The van der Waals surface area contributed by atoms with E-state index in [0.717, 1.165) is 34.6 Å². The van der Waals surface area contributed by atoms with Gasteiger partial charge in [0.1, 0.15) is 0 Å². The fourth-order valence-electron chi connectivity index (χ4n) is 3.30. The second-order valence-electron chi connectivity index (χ2n) is 7.19. The van der Waals surface area contributed by atoms with Crippen molar-refractivity contribution in [2.45, 2.75) is 23.7 Å². The Morgan fingerprint density at radius 1 is 0.812 bits per heavy atom. The van der Waals surface area contributed by atoms with Crippen LogP contribution in [0.4, 0.5) is 26.3 Å². The van der Waals surface area contributed by atoms with E-state index < -0.39 is 44.3 Å². The Kier molecular flexibility index (Phi) is 6.57. The molecule has 12 heteroatoms. The average Bonchev–Trinajstić information content (AvgIpc) is 2.73. The summed E-state index contributed by atoms with van der Waals surface area (Å²) >= 11 is 0. The summed E-state index contributed by atoms with van der Waals surface area (Å²) in [6.07, 6.45) is -9.52. The van der Waals surface area contributed by atoms with E-state index in [1.165, 1.54) is 17.0 Å². The van der Waals surface area contributed by atoms with Crippen LogP contribution < -0.4 is 0 Å². The minimum absolute atomic E-state index is 0.0318. The number of carbonyl (C=O) groups is 1. The number of alkyl halides is 6. The van der Waals surface area contributed by atoms with Gasteiger partial charge in [0.25, 0.3) is 0 Å². The molecule has 0 aromatic heterocycles. The molecule has 174 valence electrons. The SMILES string of the molecule is O=C(Cc1cccc(C(F)(F)F)c1)N1CCN(S(=O)(=O)c2cccc(C(F)(F)F)c2)CC1. The number of halogens is 6. The first-order chi connectivity index (χ1) is 14.8. The third-order valence-electron chi connectivity index (χ3n) is 5.00. The molecule has 2 aromatic carbocycles. The first-order valence-corrected chi connectivity index (χ1v) is 10.8. The Morgan fingerprint density at radius 3 is 1.91 bits per heavy atom. The van der Waals surface area contributed by atoms with Gasteiger partial charge in [0.2, 0.25) is 15.9 Å². The Bertz CT molecular complexity index is 1090. The molecule has 1 heterocycles. The zero-order chi connectivity index (χ0) is 23.7. The second kappa shape index (κ2) is 8.74. The summed E-state index contributed by atoms with van der Waals surface area (Å²) in [5, 5.41) is 0. The summed E-state index contributed by atoms with van der Waals surface area (Å²) in [6.45, 7) is -0.355. The van der Waals surface area contributed by atoms with Gasteiger partial charge in [-0.15, -0.1) is 0 Å². The number of benzene rings is 2. The van der Waals surface area contributed by atoms with Crippen LogP contribution in [0.1, 0.15) is 16.7 Å². The molecule has 0 radical (unpaired) electrons. The Balaban J connectivity index is 1.65. The van der Waals surface area contributed by atoms with E-state index in [1.54, 1.807) is 0 Å². The van der Waals surface area contributed by atoms with Gasteiger partial charge in [0, 0.05) is 26.2 Å². The van der Waals surface area contributed by atoms with Crippen LogP contribution in [0.5, 0.6) is 0 Å². The number of amides is 1. The van der Waals surface area contributed by atoms with Gasteiger partial charge < -0.3 is 4.90 Å². The highest BCUT2D eigenvalue weighted by atomic mass is 32.2. The van der Waals surface area contributed by atoms with Gasteiger partial charge in [-0.1, -0.05) is 24.3 Å². The van der Waals surface area contributed by atoms with Crippen LogP contribution in [0.3, 0.4) is 0 Å². The lowest BCUT2D eigenvalue weighted by molar-refractivity contribution is -0.138. The lowest BCUT2D eigenvalue weighted by Gasteiger charge is -2.34. The zero-order valence-electron chi connectivity index (χ0n) is 16.4. The lowest BCUT2D eigenvalue weighted by Crippen LogP contribution is -2.50. The fourth-order valence-corrected chi connectivity index (χ4v) is 4.77. The summed E-state index contributed by atoms with van der Waals surface area (Å²) < 4.78 is 104. The minimum atomic E-state index is -4.69. The predicted octanol–water partition coefficient (Wildman–Crippen LogP) is 3.80. The van der Waals surface area contributed by atoms with Crippen molar-refractivity contribution in [2.24, 2.45) is 0 Å². The van der Waals surface area contributed by atoms with Crippen LogP contribution >= 0.6 is 0 Å². The molecule has 0 spiro atoms. The number of carbonyl (C=O) groups excluding carboxylic acids is 1. The Labute approximate surface area is 180 Å². The average molecular weight is 480 g/mol. The van der Waals surface area contributed by atoms with Crippen LogP contribution in [0.2, 0.25) is 0 Å². The van der Waals surface area contributed by atoms with Crippen molar-refractivity contribution in [1.82, 2.24) is 9.21 Å². The summed E-state index contributed by atoms with van der Waals surface area (Å²) in [5.41, 5.74) is -1.79. The van der Waals surface area contributed by atoms with Crippen LogP contribution in [0, 0.1) is 0 Å². The van der Waals surface area contributed by atoms with E-state index >= 15 is 0 Å². The van der Waals surface area contributed by atoms with E-state index in [0.29, 0.717) is 6.07 Å². The van der Waals surface area contributed by atoms with Crippen LogP contribution in [0.25, 0.3) is 0 Å². The number of hydrogen-bond acceptors (Lipinski definition) is 3. The highest BCUT2D eigenvalue weighted by Crippen LogP contribution is 2.32. The molecule has 0 saturated carbocycles. The molecule has 0 bridgehead atoms. The molecular weight excluding hydrogens is 462 g/mol. The van der Waals surface area contributed by atoms with Crippen molar-refractivity contribution in [3.8, 4) is 0 Å². The van der Waals surface area contributed by atoms with Crippen LogP contribution in [-0.4, -0.2) is 49.7 Å². The highest BCUT2D eigenvalue weighted by molar-refractivity contribution is 7.89. The first kappa shape index (κ1) is 24.1. The normalized spacial score (nSPS) is 16.2. The number of sulfonamides is 1. The maximum Gasteiger partial charge on any atom is 0.416 e. The maximum absolute atomic E-state index is 12.9. The standard InChI is InChI=1S/C20H18F6N2O3S/c21-19(22,23)15-4-1-3-14(11-15)12-18(29)27-7-9-28(10-8-27)32(30,31)17-6-2-5-16(13-17)20(24,25)26/h1-6,11,13H,7-10,12H2. The summed E-state index contributed by atoms with van der Waals surface area (Å²) in [7, 11) is -4.20. The van der Waals surface area contributed by atoms with E-state index in [2.05, 4.69) is 0 Å². The molecule has 5 nitrogen and oxygen atoms in total. The third-order valence-corrected chi connectivity index (χ3v) is 6.89. The van der Waals surface area contributed by atoms with Crippen LogP contribution in [-0.2, 0) is 33.6 Å². The van der Waals surface area contributed by atoms with Gasteiger partial charge in [-0.3, -0.25) is 4.79 Å². The monoisotopic (exact) mass is 480 g/mol. The zero-order valence-corrected chi connectivity index (χ0v) is 17.3. The Hall–Kier alpha value is -2.60. The molecule has 0 unspecified atom stereocenters. The molecule has 32 heavy (non-hydrogen) atoms. The summed E-state index contributed by atoms with van der Waals surface area (Å²) in [4.78, 5) is 13.3. The number of hydrogen-bond donors (Lipinski definition) is 0. The molecule has 1 fully saturated rings. The van der Waals surface area contributed by atoms with Gasteiger partial charge in [0.05, 0.1) is 22.4 Å². The van der Waals surface area contributed by atoms with Crippen molar-refractivity contribution >= 4 is 15.9 Å². The summed E-state index contributed by atoms with van der Waals surface area (Å²) in [5.74, 6) is -0.472. The molecule has 3 rings (SSSR count). The van der Waals surface area contributed by atoms with Gasteiger partial charge in [0.15, 0.2) is 0 Å². The minimum Gasteiger partial charge on any atom is -0.340 e. The molecule has 0 N–H and O–H groups in total. The largest absolute Gasteiger partial charge is 0.416 e. The van der Waals surface area contributed by atoms with Crippen molar-refractivity contribution in [3.63, 3.8) is 0 Å². The molecule has 1 aliphatic heterocycles. The fraction of sp³-hybridized carbons (Fsp3) is 0.350. The number of piperazine rings is 1. The van der Waals surface area contributed by atoms with Crippen LogP contribution in [0.15, 0.2) is 53.4 Å². The highest BCUT2D eigenvalue weighted by Gasteiger charge is 2.35. The van der Waals surface area contributed by atoms with Gasteiger partial charge in [-0.25, -0.2) is 8.42 Å². The van der Waals surface area contributed by atoms with E-state index in [9.17, 15) is 39.6 Å². The molecule has 1 amide bonds. The number of rotatable bonds is 4. The molecule has 1 aliphatic rings. The van der Waals surface area contributed by atoms with E-state index in [1.807, 2.05) is 0 Å². The van der Waals surface area contributed by atoms with Crippen molar-refractivity contribution in [1.29, 1.82) is 0 Å². The van der Waals surface area contributed by atoms with E-state index in [-0.39, 0.29) is 38.2 Å². The molecule has 0 atom stereocenters. The van der Waals surface area contributed by atoms with Gasteiger partial charge in [-0.05, 0) is 29.8 Å². The Morgan fingerprint density at radius 2 is 1.34 bits per heavy atom.